The highest BCUT2D eigenvalue weighted by Gasteiger charge is 2.33. The molecule has 6 heteroatoms. The van der Waals surface area contributed by atoms with Crippen LogP contribution in [0.1, 0.15) is 11.6 Å². The molecule has 0 saturated carbocycles. The maximum Gasteiger partial charge on any atom is 0.261 e. The Morgan fingerprint density at radius 1 is 0.967 bits per heavy atom. The molecule has 0 spiro atoms. The van der Waals surface area contributed by atoms with Crippen LogP contribution in [0.3, 0.4) is 0 Å². The van der Waals surface area contributed by atoms with Gasteiger partial charge < -0.3 is 4.74 Å². The molecule has 1 amide bonds. The fourth-order valence-electron chi connectivity index (χ4n) is 3.86. The van der Waals surface area contributed by atoms with Crippen LogP contribution in [0.25, 0.3) is 10.9 Å². The second-order valence-electron chi connectivity index (χ2n) is 7.16. The number of rotatable bonds is 3. The molecule has 30 heavy (non-hydrogen) atoms. The minimum atomic E-state index is -0.280. The van der Waals surface area contributed by atoms with E-state index in [1.54, 1.807) is 23.1 Å². The highest BCUT2D eigenvalue weighted by molar-refractivity contribution is 5.96. The molecule has 2 heterocycles. The van der Waals surface area contributed by atoms with Crippen molar-refractivity contribution in [2.75, 3.05) is 11.5 Å². The number of ether oxygens (including phenoxy) is 1. The van der Waals surface area contributed by atoms with Crippen LogP contribution in [-0.4, -0.2) is 22.1 Å². The number of amides is 1. The monoisotopic (exact) mass is 397 g/mol. The van der Waals surface area contributed by atoms with Gasteiger partial charge in [0.15, 0.2) is 0 Å². The van der Waals surface area contributed by atoms with Crippen molar-refractivity contribution in [2.45, 2.75) is 12.6 Å². The van der Waals surface area contributed by atoms with Gasteiger partial charge in [0.05, 0.1) is 29.0 Å². The van der Waals surface area contributed by atoms with E-state index in [1.807, 2.05) is 60.7 Å². The zero-order valence-corrected chi connectivity index (χ0v) is 16.1. The number of aromatic nitrogens is 2. The molecular formula is C24H19N3O3. The van der Waals surface area contributed by atoms with E-state index < -0.39 is 0 Å². The number of carbonyl (C=O) groups excluding carboxylic acids is 1. The summed E-state index contributed by atoms with van der Waals surface area (Å²) in [4.78, 5) is 32.4. The molecule has 1 atom stereocenters. The molecule has 3 aromatic carbocycles. The van der Waals surface area contributed by atoms with Crippen LogP contribution in [0, 0.1) is 0 Å². The molecule has 0 radical (unpaired) electrons. The van der Waals surface area contributed by atoms with Crippen LogP contribution in [0.5, 0.6) is 5.75 Å². The van der Waals surface area contributed by atoms with Gasteiger partial charge in [-0.2, -0.15) is 0 Å². The summed E-state index contributed by atoms with van der Waals surface area (Å²) in [5, 5.41) is 0.495. The summed E-state index contributed by atoms with van der Waals surface area (Å²) < 4.78 is 7.29. The minimum absolute atomic E-state index is 0.103. The van der Waals surface area contributed by atoms with Crippen LogP contribution in [-0.2, 0) is 11.3 Å². The zero-order chi connectivity index (χ0) is 20.5. The third-order valence-electron chi connectivity index (χ3n) is 5.32. The lowest BCUT2D eigenvalue weighted by Gasteiger charge is -2.37. The number of benzene rings is 3. The Morgan fingerprint density at radius 2 is 1.70 bits per heavy atom. The lowest BCUT2D eigenvalue weighted by molar-refractivity contribution is -0.120. The molecule has 1 aliphatic rings. The smallest absolute Gasteiger partial charge is 0.261 e. The molecule has 6 nitrogen and oxygen atoms in total. The number of hydrogen-bond acceptors (Lipinski definition) is 4. The number of fused-ring (bicyclic) bond motifs is 2. The molecular weight excluding hydrogens is 378 g/mol. The second-order valence-corrected chi connectivity index (χ2v) is 7.16. The van der Waals surface area contributed by atoms with Gasteiger partial charge in [0.2, 0.25) is 5.91 Å². The summed E-state index contributed by atoms with van der Waals surface area (Å²) in [7, 11) is 0. The van der Waals surface area contributed by atoms with Crippen LogP contribution < -0.4 is 15.2 Å². The van der Waals surface area contributed by atoms with Gasteiger partial charge in [0.25, 0.3) is 5.56 Å². The molecule has 0 fully saturated rings. The van der Waals surface area contributed by atoms with Gasteiger partial charge in [-0.25, -0.2) is 4.98 Å². The molecule has 0 unspecified atom stereocenters. The number of para-hydroxylation sites is 3. The van der Waals surface area contributed by atoms with Crippen molar-refractivity contribution in [3.63, 3.8) is 0 Å². The van der Waals surface area contributed by atoms with E-state index in [-0.39, 0.29) is 24.1 Å². The number of carbonyl (C=O) groups is 1. The Hall–Kier alpha value is -3.93. The first kappa shape index (κ1) is 18.1. The van der Waals surface area contributed by atoms with Crippen LogP contribution in [0.4, 0.5) is 5.69 Å². The molecule has 0 saturated heterocycles. The third kappa shape index (κ3) is 3.12. The Labute approximate surface area is 173 Å². The zero-order valence-electron chi connectivity index (χ0n) is 16.1. The summed E-state index contributed by atoms with van der Waals surface area (Å²) in [6, 6.07) is 24.1. The Kier molecular flexibility index (Phi) is 4.52. The van der Waals surface area contributed by atoms with Gasteiger partial charge in [0, 0.05) is 0 Å². The predicted octanol–water partition coefficient (Wildman–Crippen LogP) is 3.56. The third-order valence-corrected chi connectivity index (χ3v) is 5.32. The lowest BCUT2D eigenvalue weighted by Crippen LogP contribution is -2.43. The summed E-state index contributed by atoms with van der Waals surface area (Å²) in [6.45, 7) is 0.242. The average Bonchev–Trinajstić information content (AvgIpc) is 2.81. The van der Waals surface area contributed by atoms with Gasteiger partial charge in [0.1, 0.15) is 18.9 Å². The van der Waals surface area contributed by atoms with Crippen LogP contribution in [0.15, 0.2) is 90.0 Å². The molecule has 0 bridgehead atoms. The van der Waals surface area contributed by atoms with E-state index in [2.05, 4.69) is 4.98 Å². The van der Waals surface area contributed by atoms with Crippen molar-refractivity contribution >= 4 is 22.5 Å². The van der Waals surface area contributed by atoms with Crippen molar-refractivity contribution in [3.8, 4) is 5.75 Å². The maximum atomic E-state index is 13.5. The van der Waals surface area contributed by atoms with Gasteiger partial charge in [-0.15, -0.1) is 0 Å². The largest absolute Gasteiger partial charge is 0.489 e. The maximum absolute atomic E-state index is 13.5. The van der Waals surface area contributed by atoms with Gasteiger partial charge in [-0.3, -0.25) is 19.1 Å². The minimum Gasteiger partial charge on any atom is -0.489 e. The molecule has 0 N–H and O–H groups in total. The normalized spacial score (nSPS) is 15.5. The van der Waals surface area contributed by atoms with E-state index in [1.165, 1.54) is 10.9 Å². The van der Waals surface area contributed by atoms with Gasteiger partial charge >= 0.3 is 0 Å². The first-order chi connectivity index (χ1) is 14.7. The standard InChI is InChI=1S/C24H19N3O3/c28-23(14-26-16-25-19-11-5-4-10-18(19)24(26)29)27-20-12-6-7-13-22(20)30-15-21(27)17-8-2-1-3-9-17/h1-13,16,21H,14-15H2/t21-/m1/s1. The van der Waals surface area contributed by atoms with Gasteiger partial charge in [-0.1, -0.05) is 54.6 Å². The van der Waals surface area contributed by atoms with Gasteiger partial charge in [-0.05, 0) is 29.8 Å². The number of nitrogens with zero attached hydrogens (tertiary/aromatic N) is 3. The summed E-state index contributed by atoms with van der Waals surface area (Å²) in [5.41, 5.74) is 2.06. The second kappa shape index (κ2) is 7.48. The summed E-state index contributed by atoms with van der Waals surface area (Å²) >= 11 is 0. The first-order valence-corrected chi connectivity index (χ1v) is 9.75. The SMILES string of the molecule is O=C(Cn1cnc2ccccc2c1=O)N1c2ccccc2OC[C@@H]1c1ccccc1. The first-order valence-electron chi connectivity index (χ1n) is 9.75. The number of anilines is 1. The lowest BCUT2D eigenvalue weighted by atomic mass is 10.0. The quantitative estimate of drug-likeness (QED) is 0.530. The molecule has 0 aliphatic carbocycles. The molecule has 5 rings (SSSR count). The average molecular weight is 397 g/mol. The summed E-state index contributed by atoms with van der Waals surface area (Å²) in [6.07, 6.45) is 1.44. The van der Waals surface area contributed by atoms with E-state index in [0.717, 1.165) is 5.56 Å². The van der Waals surface area contributed by atoms with Crippen molar-refractivity contribution in [3.05, 3.63) is 101 Å². The van der Waals surface area contributed by atoms with Crippen molar-refractivity contribution in [1.82, 2.24) is 9.55 Å². The molecule has 1 aromatic heterocycles. The van der Waals surface area contributed by atoms with Crippen LogP contribution >= 0.6 is 0 Å². The Morgan fingerprint density at radius 3 is 2.57 bits per heavy atom. The molecule has 4 aromatic rings. The number of hydrogen-bond donors (Lipinski definition) is 0. The van der Waals surface area contributed by atoms with Crippen molar-refractivity contribution < 1.29 is 9.53 Å². The fourth-order valence-corrected chi connectivity index (χ4v) is 3.86. The molecule has 1 aliphatic heterocycles. The Balaban J connectivity index is 1.55. The Bertz CT molecular complexity index is 1280. The van der Waals surface area contributed by atoms with E-state index in [4.69, 9.17) is 4.74 Å². The van der Waals surface area contributed by atoms with Crippen molar-refractivity contribution in [1.29, 1.82) is 0 Å². The van der Waals surface area contributed by atoms with Crippen LogP contribution in [0.2, 0.25) is 0 Å². The highest BCUT2D eigenvalue weighted by atomic mass is 16.5. The van der Waals surface area contributed by atoms with Crippen molar-refractivity contribution in [2.24, 2.45) is 0 Å². The van der Waals surface area contributed by atoms with E-state index in [9.17, 15) is 9.59 Å². The van der Waals surface area contributed by atoms with E-state index >= 15 is 0 Å². The topological polar surface area (TPSA) is 64.4 Å². The van der Waals surface area contributed by atoms with E-state index in [0.29, 0.717) is 28.9 Å². The molecule has 148 valence electrons. The summed E-state index contributed by atoms with van der Waals surface area (Å²) in [5.74, 6) is 0.459. The fraction of sp³-hybridized carbons (Fsp3) is 0.125. The highest BCUT2D eigenvalue weighted by Crippen LogP contribution is 2.39. The predicted molar refractivity (Wildman–Crippen MR) is 115 cm³/mol.